The lowest BCUT2D eigenvalue weighted by atomic mass is 10.1. The fourth-order valence-corrected chi connectivity index (χ4v) is 2.48. The topological polar surface area (TPSA) is 76.1 Å². The van der Waals surface area contributed by atoms with E-state index in [1.807, 2.05) is 25.1 Å². The van der Waals surface area contributed by atoms with Gasteiger partial charge in [-0.1, -0.05) is 6.07 Å². The number of ether oxygens (including phenoxy) is 1. The Morgan fingerprint density at radius 3 is 2.30 bits per heavy atom. The maximum absolute atomic E-state index is 12.3. The third kappa shape index (κ3) is 4.82. The van der Waals surface area contributed by atoms with E-state index in [9.17, 15) is 4.79 Å². The summed E-state index contributed by atoms with van der Waals surface area (Å²) in [5.41, 5.74) is 4.27. The number of hydrogen-bond acceptors (Lipinski definition) is 5. The van der Waals surface area contributed by atoms with Gasteiger partial charge in [0.2, 0.25) is 0 Å². The van der Waals surface area contributed by atoms with Gasteiger partial charge in [0.15, 0.2) is 11.5 Å². The van der Waals surface area contributed by atoms with Crippen LogP contribution in [0.15, 0.2) is 54.6 Å². The third-order valence-electron chi connectivity index (χ3n) is 4.10. The molecule has 27 heavy (non-hydrogen) atoms. The summed E-state index contributed by atoms with van der Waals surface area (Å²) < 4.78 is 5.38. The van der Waals surface area contributed by atoms with E-state index in [0.717, 1.165) is 11.4 Å². The Balaban J connectivity index is 1.63. The molecule has 0 fully saturated rings. The fraction of sp³-hybridized carbons (Fsp3) is 0.190. The average Bonchev–Trinajstić information content (AvgIpc) is 2.67. The molecule has 0 bridgehead atoms. The summed E-state index contributed by atoms with van der Waals surface area (Å²) in [6, 6.07) is 16.6. The van der Waals surface area contributed by atoms with Crippen molar-refractivity contribution < 1.29 is 9.53 Å². The smallest absolute Gasteiger partial charge is 0.276 e. The number of nitrogens with zero attached hydrogens (tertiary/aromatic N) is 2. The highest BCUT2D eigenvalue weighted by molar-refractivity contribution is 6.02. The van der Waals surface area contributed by atoms with E-state index in [0.29, 0.717) is 18.1 Å². The minimum absolute atomic E-state index is 0.245. The van der Waals surface area contributed by atoms with Crippen molar-refractivity contribution in [2.75, 3.05) is 17.2 Å². The van der Waals surface area contributed by atoms with Gasteiger partial charge in [-0.25, -0.2) is 0 Å². The normalized spacial score (nSPS) is 10.3. The molecule has 0 aliphatic heterocycles. The first-order chi connectivity index (χ1) is 13.0. The summed E-state index contributed by atoms with van der Waals surface area (Å²) in [7, 11) is 0. The zero-order valence-electron chi connectivity index (χ0n) is 15.6. The number of carbonyl (C=O) groups is 1. The number of carbonyl (C=O) groups excluding carboxylic acids is 1. The number of rotatable bonds is 6. The first-order valence-electron chi connectivity index (χ1n) is 8.77. The van der Waals surface area contributed by atoms with Gasteiger partial charge in [-0.05, 0) is 80.4 Å². The second-order valence-corrected chi connectivity index (χ2v) is 6.14. The van der Waals surface area contributed by atoms with Crippen LogP contribution in [0.25, 0.3) is 0 Å². The second-order valence-electron chi connectivity index (χ2n) is 6.14. The van der Waals surface area contributed by atoms with Crippen LogP contribution in [0.2, 0.25) is 0 Å². The van der Waals surface area contributed by atoms with Crippen molar-refractivity contribution in [1.82, 2.24) is 10.2 Å². The maximum atomic E-state index is 12.3. The summed E-state index contributed by atoms with van der Waals surface area (Å²) in [6.45, 7) is 6.65. The number of nitrogens with one attached hydrogen (secondary N) is 2. The molecule has 1 aromatic heterocycles. The van der Waals surface area contributed by atoms with Crippen molar-refractivity contribution in [1.29, 1.82) is 0 Å². The summed E-state index contributed by atoms with van der Waals surface area (Å²) in [5, 5.41) is 14.1. The van der Waals surface area contributed by atoms with Gasteiger partial charge in [0.25, 0.3) is 5.91 Å². The van der Waals surface area contributed by atoms with Gasteiger partial charge in [-0.2, -0.15) is 0 Å². The van der Waals surface area contributed by atoms with Crippen molar-refractivity contribution in [2.24, 2.45) is 0 Å². The molecule has 0 unspecified atom stereocenters. The Hall–Kier alpha value is -3.41. The highest BCUT2D eigenvalue weighted by atomic mass is 16.5. The molecule has 6 heteroatoms. The quantitative estimate of drug-likeness (QED) is 0.676. The number of benzene rings is 2. The highest BCUT2D eigenvalue weighted by Crippen LogP contribution is 2.19. The first-order valence-corrected chi connectivity index (χ1v) is 8.77. The summed E-state index contributed by atoms with van der Waals surface area (Å²) in [4.78, 5) is 12.3. The Morgan fingerprint density at radius 1 is 0.926 bits per heavy atom. The molecule has 6 nitrogen and oxygen atoms in total. The molecular weight excluding hydrogens is 340 g/mol. The first kappa shape index (κ1) is 18.4. The molecule has 1 heterocycles. The maximum Gasteiger partial charge on any atom is 0.276 e. The Labute approximate surface area is 158 Å². The van der Waals surface area contributed by atoms with E-state index >= 15 is 0 Å². The molecule has 0 saturated carbocycles. The average molecular weight is 362 g/mol. The molecule has 2 N–H and O–H groups in total. The molecule has 3 aromatic rings. The van der Waals surface area contributed by atoms with Gasteiger partial charge < -0.3 is 15.4 Å². The largest absolute Gasteiger partial charge is 0.494 e. The van der Waals surface area contributed by atoms with Gasteiger partial charge in [-0.15, -0.1) is 10.2 Å². The van der Waals surface area contributed by atoms with E-state index < -0.39 is 0 Å². The predicted molar refractivity (Wildman–Crippen MR) is 107 cm³/mol. The third-order valence-corrected chi connectivity index (χ3v) is 4.10. The highest BCUT2D eigenvalue weighted by Gasteiger charge is 2.09. The Bertz CT molecular complexity index is 922. The SMILES string of the molecule is CCOc1ccc(NC(=O)c2ccc(Nc3ccc(C)c(C)c3)nn2)cc1. The second kappa shape index (κ2) is 8.31. The van der Waals surface area contributed by atoms with E-state index in [-0.39, 0.29) is 11.6 Å². The van der Waals surface area contributed by atoms with Crippen molar-refractivity contribution >= 4 is 23.1 Å². The van der Waals surface area contributed by atoms with E-state index in [2.05, 4.69) is 34.7 Å². The molecule has 3 rings (SSSR count). The standard InChI is InChI=1S/C21H22N4O2/c1-4-27-18-9-7-16(8-10-18)23-21(26)19-11-12-20(25-24-19)22-17-6-5-14(2)15(3)13-17/h5-13H,4H2,1-3H3,(H,22,25)(H,23,26). The number of aryl methyl sites for hydroxylation is 2. The number of aromatic nitrogens is 2. The monoisotopic (exact) mass is 362 g/mol. The van der Waals surface area contributed by atoms with Crippen LogP contribution in [-0.2, 0) is 0 Å². The lowest BCUT2D eigenvalue weighted by Gasteiger charge is -2.09. The van der Waals surface area contributed by atoms with Crippen LogP contribution >= 0.6 is 0 Å². The molecule has 0 aliphatic rings. The molecule has 2 aromatic carbocycles. The molecule has 0 radical (unpaired) electrons. The number of anilines is 3. The molecule has 138 valence electrons. The minimum atomic E-state index is -0.315. The minimum Gasteiger partial charge on any atom is -0.494 e. The van der Waals surface area contributed by atoms with E-state index in [4.69, 9.17) is 4.74 Å². The summed E-state index contributed by atoms with van der Waals surface area (Å²) in [5.74, 6) is 1.03. The molecule has 0 atom stereocenters. The van der Waals surface area contributed by atoms with Crippen molar-refractivity contribution in [3.63, 3.8) is 0 Å². The fourth-order valence-electron chi connectivity index (χ4n) is 2.48. The molecular formula is C21H22N4O2. The van der Waals surface area contributed by atoms with Gasteiger partial charge in [0.1, 0.15) is 5.75 Å². The van der Waals surface area contributed by atoms with Crippen molar-refractivity contribution in [2.45, 2.75) is 20.8 Å². The van der Waals surface area contributed by atoms with Gasteiger partial charge in [-0.3, -0.25) is 4.79 Å². The van der Waals surface area contributed by atoms with Gasteiger partial charge in [0, 0.05) is 11.4 Å². The Kier molecular flexibility index (Phi) is 5.66. The summed E-state index contributed by atoms with van der Waals surface area (Å²) in [6.07, 6.45) is 0. The number of hydrogen-bond donors (Lipinski definition) is 2. The Morgan fingerprint density at radius 2 is 1.67 bits per heavy atom. The zero-order valence-corrected chi connectivity index (χ0v) is 15.6. The molecule has 0 spiro atoms. The van der Waals surface area contributed by atoms with E-state index in [1.165, 1.54) is 11.1 Å². The zero-order chi connectivity index (χ0) is 19.2. The predicted octanol–water partition coefficient (Wildman–Crippen LogP) is 4.49. The molecule has 1 amide bonds. The van der Waals surface area contributed by atoms with Crippen LogP contribution in [0, 0.1) is 13.8 Å². The molecule has 0 saturated heterocycles. The van der Waals surface area contributed by atoms with Crippen LogP contribution in [0.4, 0.5) is 17.2 Å². The van der Waals surface area contributed by atoms with Gasteiger partial charge in [0.05, 0.1) is 6.61 Å². The van der Waals surface area contributed by atoms with Crippen molar-refractivity contribution in [3.8, 4) is 5.75 Å². The van der Waals surface area contributed by atoms with Crippen LogP contribution in [0.5, 0.6) is 5.75 Å². The van der Waals surface area contributed by atoms with Crippen LogP contribution in [0.3, 0.4) is 0 Å². The lowest BCUT2D eigenvalue weighted by molar-refractivity contribution is 0.102. The van der Waals surface area contributed by atoms with E-state index in [1.54, 1.807) is 36.4 Å². The number of amides is 1. The van der Waals surface area contributed by atoms with Gasteiger partial charge >= 0.3 is 0 Å². The lowest BCUT2D eigenvalue weighted by Crippen LogP contribution is -2.14. The van der Waals surface area contributed by atoms with Crippen LogP contribution in [-0.4, -0.2) is 22.7 Å². The molecule has 0 aliphatic carbocycles. The van der Waals surface area contributed by atoms with Crippen LogP contribution < -0.4 is 15.4 Å². The van der Waals surface area contributed by atoms with Crippen LogP contribution in [0.1, 0.15) is 28.5 Å². The van der Waals surface area contributed by atoms with Crippen molar-refractivity contribution in [3.05, 3.63) is 71.4 Å². The summed E-state index contributed by atoms with van der Waals surface area (Å²) >= 11 is 0.